The fraction of sp³-hybridized carbons (Fsp3) is 0.222. The Labute approximate surface area is 144 Å². The SMILES string of the molecule is Cc1ccc[c-]c1-c1nnc(C(C)C)n1-c1ccccc1.[Ir]. The van der Waals surface area contributed by atoms with Gasteiger partial charge in [-0.25, -0.2) is 0 Å². The van der Waals surface area contributed by atoms with E-state index >= 15 is 0 Å². The first kappa shape index (κ1) is 16.6. The van der Waals surface area contributed by atoms with E-state index in [2.05, 4.69) is 59.8 Å². The van der Waals surface area contributed by atoms with Crippen LogP contribution in [0.15, 0.2) is 48.5 Å². The maximum atomic E-state index is 4.43. The van der Waals surface area contributed by atoms with Gasteiger partial charge in [-0.15, -0.1) is 40.5 Å². The van der Waals surface area contributed by atoms with Gasteiger partial charge < -0.3 is 4.57 Å². The van der Waals surface area contributed by atoms with E-state index in [1.807, 2.05) is 30.3 Å². The molecule has 0 aliphatic heterocycles. The van der Waals surface area contributed by atoms with Crippen molar-refractivity contribution in [3.05, 3.63) is 66.0 Å². The van der Waals surface area contributed by atoms with Crippen LogP contribution in [-0.2, 0) is 20.1 Å². The molecule has 1 heterocycles. The van der Waals surface area contributed by atoms with Crippen LogP contribution >= 0.6 is 0 Å². The minimum absolute atomic E-state index is 0. The van der Waals surface area contributed by atoms with Gasteiger partial charge in [0.25, 0.3) is 0 Å². The molecule has 1 radical (unpaired) electrons. The van der Waals surface area contributed by atoms with Gasteiger partial charge in [0.1, 0.15) is 5.82 Å². The molecule has 3 nitrogen and oxygen atoms in total. The molecule has 0 aliphatic rings. The molecule has 0 aliphatic carbocycles. The van der Waals surface area contributed by atoms with Crippen LogP contribution in [0.4, 0.5) is 0 Å². The summed E-state index contributed by atoms with van der Waals surface area (Å²) >= 11 is 0. The number of aromatic nitrogens is 3. The van der Waals surface area contributed by atoms with Gasteiger partial charge in [0, 0.05) is 31.7 Å². The van der Waals surface area contributed by atoms with Crippen LogP contribution in [0, 0.1) is 13.0 Å². The summed E-state index contributed by atoms with van der Waals surface area (Å²) in [5.74, 6) is 2.12. The topological polar surface area (TPSA) is 30.7 Å². The summed E-state index contributed by atoms with van der Waals surface area (Å²) in [7, 11) is 0. The summed E-state index contributed by atoms with van der Waals surface area (Å²) in [5, 5.41) is 8.83. The Morgan fingerprint density at radius 3 is 2.36 bits per heavy atom. The summed E-state index contributed by atoms with van der Waals surface area (Å²) in [5.41, 5.74) is 3.23. The second-order valence-electron chi connectivity index (χ2n) is 5.44. The van der Waals surface area contributed by atoms with Crippen molar-refractivity contribution in [1.82, 2.24) is 14.8 Å². The van der Waals surface area contributed by atoms with Crippen LogP contribution in [0.3, 0.4) is 0 Å². The zero-order chi connectivity index (χ0) is 14.8. The van der Waals surface area contributed by atoms with Crippen LogP contribution in [0.2, 0.25) is 0 Å². The Bertz CT molecular complexity index is 748. The molecule has 0 spiro atoms. The van der Waals surface area contributed by atoms with Gasteiger partial charge in [-0.1, -0.05) is 39.0 Å². The van der Waals surface area contributed by atoms with Gasteiger partial charge in [-0.2, -0.15) is 5.10 Å². The Balaban J connectivity index is 0.00000176. The fourth-order valence-electron chi connectivity index (χ4n) is 2.43. The molecule has 3 rings (SSSR count). The van der Waals surface area contributed by atoms with Crippen LogP contribution < -0.4 is 0 Å². The molecule has 0 atom stereocenters. The molecule has 0 bridgehead atoms. The van der Waals surface area contributed by atoms with Crippen molar-refractivity contribution >= 4 is 0 Å². The average molecular weight is 469 g/mol. The van der Waals surface area contributed by atoms with Crippen LogP contribution in [-0.4, -0.2) is 14.8 Å². The molecule has 1 aromatic heterocycles. The number of aryl methyl sites for hydroxylation is 1. The van der Waals surface area contributed by atoms with Gasteiger partial charge in [0.05, 0.1) is 5.82 Å². The van der Waals surface area contributed by atoms with E-state index in [9.17, 15) is 0 Å². The van der Waals surface area contributed by atoms with Crippen LogP contribution in [0.5, 0.6) is 0 Å². The Morgan fingerprint density at radius 2 is 1.73 bits per heavy atom. The van der Waals surface area contributed by atoms with Crippen molar-refractivity contribution in [2.24, 2.45) is 0 Å². The summed E-state index contributed by atoms with van der Waals surface area (Å²) < 4.78 is 2.13. The van der Waals surface area contributed by atoms with Gasteiger partial charge in [0.2, 0.25) is 0 Å². The number of benzene rings is 2. The summed E-state index contributed by atoms with van der Waals surface area (Å²) in [6, 6.07) is 19.5. The number of para-hydroxylation sites is 1. The van der Waals surface area contributed by atoms with E-state index in [4.69, 9.17) is 0 Å². The first-order valence-electron chi connectivity index (χ1n) is 7.17. The molecule has 0 unspecified atom stereocenters. The maximum absolute atomic E-state index is 4.43. The summed E-state index contributed by atoms with van der Waals surface area (Å²) in [6.07, 6.45) is 0. The zero-order valence-electron chi connectivity index (χ0n) is 12.9. The van der Waals surface area contributed by atoms with E-state index in [1.165, 1.54) is 0 Å². The number of hydrogen-bond acceptors (Lipinski definition) is 2. The molecule has 2 aromatic carbocycles. The molecule has 0 fully saturated rings. The minimum Gasteiger partial charge on any atom is -0.320 e. The van der Waals surface area contributed by atoms with E-state index in [0.29, 0.717) is 5.92 Å². The summed E-state index contributed by atoms with van der Waals surface area (Å²) in [6.45, 7) is 6.34. The molecule has 0 saturated heterocycles. The third kappa shape index (κ3) is 3.03. The number of rotatable bonds is 3. The van der Waals surface area contributed by atoms with E-state index in [-0.39, 0.29) is 20.1 Å². The maximum Gasteiger partial charge on any atom is 0.131 e. The smallest absolute Gasteiger partial charge is 0.131 e. The van der Waals surface area contributed by atoms with Crippen molar-refractivity contribution < 1.29 is 20.1 Å². The first-order valence-corrected chi connectivity index (χ1v) is 7.17. The molecule has 0 N–H and O–H groups in total. The molecule has 115 valence electrons. The van der Waals surface area contributed by atoms with Gasteiger partial charge in [0.15, 0.2) is 0 Å². The first-order chi connectivity index (χ1) is 10.2. The third-order valence-corrected chi connectivity index (χ3v) is 3.51. The Morgan fingerprint density at radius 1 is 1.00 bits per heavy atom. The van der Waals surface area contributed by atoms with Gasteiger partial charge in [-0.3, -0.25) is 0 Å². The van der Waals surface area contributed by atoms with Crippen molar-refractivity contribution in [3.8, 4) is 17.1 Å². The molecule has 3 aromatic rings. The van der Waals surface area contributed by atoms with E-state index < -0.39 is 0 Å². The molecular weight excluding hydrogens is 450 g/mol. The molecule has 4 heteroatoms. The van der Waals surface area contributed by atoms with Crippen molar-refractivity contribution in [1.29, 1.82) is 0 Å². The van der Waals surface area contributed by atoms with Gasteiger partial charge in [-0.05, 0) is 12.1 Å². The Kier molecular flexibility index (Phi) is 5.28. The quantitative estimate of drug-likeness (QED) is 0.541. The monoisotopic (exact) mass is 469 g/mol. The van der Waals surface area contributed by atoms with Crippen LogP contribution in [0.25, 0.3) is 17.1 Å². The van der Waals surface area contributed by atoms with Crippen LogP contribution in [0.1, 0.15) is 31.2 Å². The van der Waals surface area contributed by atoms with Gasteiger partial charge >= 0.3 is 0 Å². The van der Waals surface area contributed by atoms with E-state index in [1.54, 1.807) is 0 Å². The van der Waals surface area contributed by atoms with Crippen molar-refractivity contribution in [2.75, 3.05) is 0 Å². The van der Waals surface area contributed by atoms with Crippen molar-refractivity contribution in [3.63, 3.8) is 0 Å². The Hall–Kier alpha value is -1.77. The second kappa shape index (κ2) is 6.99. The average Bonchev–Trinajstić information content (AvgIpc) is 2.93. The minimum atomic E-state index is 0. The normalized spacial score (nSPS) is 10.5. The third-order valence-electron chi connectivity index (χ3n) is 3.51. The summed E-state index contributed by atoms with van der Waals surface area (Å²) in [4.78, 5) is 0. The predicted octanol–water partition coefficient (Wildman–Crippen LogP) is 4.16. The van der Waals surface area contributed by atoms with E-state index in [0.717, 1.165) is 28.5 Å². The predicted molar refractivity (Wildman–Crippen MR) is 84.5 cm³/mol. The second-order valence-corrected chi connectivity index (χ2v) is 5.44. The zero-order valence-corrected chi connectivity index (χ0v) is 15.3. The standard InChI is InChI=1S/C18H18N3.Ir/c1-13(2)17-19-20-18(16-12-8-7-9-14(16)3)21(17)15-10-5-4-6-11-15;/h4-11,13H,1-3H3;/q-1;. The number of hydrogen-bond donors (Lipinski definition) is 0. The fourth-order valence-corrected chi connectivity index (χ4v) is 2.43. The molecule has 22 heavy (non-hydrogen) atoms. The molecule has 0 amide bonds. The number of nitrogens with zero attached hydrogens (tertiary/aromatic N) is 3. The largest absolute Gasteiger partial charge is 0.320 e. The van der Waals surface area contributed by atoms with Crippen molar-refractivity contribution in [2.45, 2.75) is 26.7 Å². The molecular formula is C18H18IrN3-. The molecule has 0 saturated carbocycles.